The molecule has 1 saturated heterocycles. The van der Waals surface area contributed by atoms with Crippen LogP contribution in [0.5, 0.6) is 0 Å². The summed E-state index contributed by atoms with van der Waals surface area (Å²) in [7, 11) is 1.91. The summed E-state index contributed by atoms with van der Waals surface area (Å²) in [5.41, 5.74) is -0.495. The molecule has 1 aromatic heterocycles. The zero-order chi connectivity index (χ0) is 17.0. The minimum absolute atomic E-state index is 0.0492. The highest BCUT2D eigenvalue weighted by Crippen LogP contribution is 2.18. The second kappa shape index (κ2) is 7.17. The molecule has 23 heavy (non-hydrogen) atoms. The number of nitrogens with zero attached hydrogens (tertiary/aromatic N) is 2. The maximum atomic E-state index is 12.2. The molecule has 1 atom stereocenters. The van der Waals surface area contributed by atoms with Crippen LogP contribution in [0.4, 0.5) is 4.79 Å². The topological polar surface area (TPSA) is 63.0 Å². The van der Waals surface area contributed by atoms with Crippen molar-refractivity contribution in [2.24, 2.45) is 0 Å². The third kappa shape index (κ3) is 5.10. The van der Waals surface area contributed by atoms with Crippen LogP contribution in [0.1, 0.15) is 44.2 Å². The quantitative estimate of drug-likeness (QED) is 0.798. The normalized spacial score (nSPS) is 19.0. The van der Waals surface area contributed by atoms with E-state index in [2.05, 4.69) is 0 Å². The number of piperidine rings is 1. The van der Waals surface area contributed by atoms with Gasteiger partial charge in [0.2, 0.25) is 5.78 Å². The lowest BCUT2D eigenvalue weighted by Gasteiger charge is -2.37. The summed E-state index contributed by atoms with van der Waals surface area (Å²) in [6, 6.07) is 3.53. The molecule has 0 aromatic carbocycles. The Morgan fingerprint density at radius 3 is 2.78 bits per heavy atom. The first-order valence-corrected chi connectivity index (χ1v) is 8.01. The Bertz CT molecular complexity index is 533. The van der Waals surface area contributed by atoms with E-state index in [0.717, 1.165) is 12.8 Å². The molecular formula is C17H26N2O4. The summed E-state index contributed by atoms with van der Waals surface area (Å²) in [6.45, 7) is 7.14. The van der Waals surface area contributed by atoms with Crippen LogP contribution < -0.4 is 0 Å². The van der Waals surface area contributed by atoms with Crippen LogP contribution in [-0.2, 0) is 4.74 Å². The predicted octanol–water partition coefficient (Wildman–Crippen LogP) is 2.79. The molecule has 6 nitrogen and oxygen atoms in total. The van der Waals surface area contributed by atoms with Crippen molar-refractivity contribution in [3.63, 3.8) is 0 Å². The van der Waals surface area contributed by atoms with Crippen LogP contribution in [0.15, 0.2) is 22.8 Å². The van der Waals surface area contributed by atoms with E-state index in [9.17, 15) is 9.59 Å². The number of ketones is 1. The van der Waals surface area contributed by atoms with Crippen molar-refractivity contribution in [3.8, 4) is 0 Å². The Morgan fingerprint density at radius 1 is 1.43 bits per heavy atom. The third-order valence-corrected chi connectivity index (χ3v) is 3.86. The summed E-state index contributed by atoms with van der Waals surface area (Å²) < 4.78 is 10.6. The fraction of sp³-hybridized carbons (Fsp3) is 0.647. The third-order valence-electron chi connectivity index (χ3n) is 3.86. The molecule has 2 rings (SSSR count). The Balaban J connectivity index is 1.90. The van der Waals surface area contributed by atoms with Crippen molar-refractivity contribution >= 4 is 11.9 Å². The number of hydrogen-bond donors (Lipinski definition) is 0. The van der Waals surface area contributed by atoms with E-state index in [4.69, 9.17) is 9.15 Å². The molecule has 1 aliphatic heterocycles. The van der Waals surface area contributed by atoms with E-state index in [0.29, 0.717) is 18.8 Å². The summed E-state index contributed by atoms with van der Waals surface area (Å²) in [6.07, 6.45) is 3.08. The van der Waals surface area contributed by atoms with Crippen molar-refractivity contribution in [2.75, 3.05) is 26.7 Å². The Hall–Kier alpha value is -1.82. The average Bonchev–Trinajstić information content (AvgIpc) is 3.00. The van der Waals surface area contributed by atoms with Gasteiger partial charge in [-0.1, -0.05) is 0 Å². The molecule has 1 fully saturated rings. The first-order chi connectivity index (χ1) is 10.8. The van der Waals surface area contributed by atoms with Gasteiger partial charge in [0.1, 0.15) is 5.60 Å². The largest absolute Gasteiger partial charge is 0.461 e. The number of likely N-dealkylation sites (N-methyl/N-ethyl adjacent to an activating group) is 1. The minimum atomic E-state index is -0.495. The lowest BCUT2D eigenvalue weighted by molar-refractivity contribution is 0.0129. The van der Waals surface area contributed by atoms with Crippen molar-refractivity contribution in [3.05, 3.63) is 24.2 Å². The number of hydrogen-bond acceptors (Lipinski definition) is 5. The molecule has 0 spiro atoms. The van der Waals surface area contributed by atoms with Gasteiger partial charge >= 0.3 is 6.09 Å². The highest BCUT2D eigenvalue weighted by molar-refractivity contribution is 5.95. The highest BCUT2D eigenvalue weighted by Gasteiger charge is 2.30. The van der Waals surface area contributed by atoms with Gasteiger partial charge in [0.05, 0.1) is 12.8 Å². The zero-order valence-corrected chi connectivity index (χ0v) is 14.4. The number of ether oxygens (including phenoxy) is 1. The number of Topliss-reactive ketones (excluding diaryl/α,β-unsaturated/α-hetero) is 1. The molecule has 1 aliphatic rings. The van der Waals surface area contributed by atoms with Gasteiger partial charge in [-0.2, -0.15) is 0 Å². The standard InChI is InChI=1S/C17H26N2O4/c1-17(2,3)23-16(21)19-9-5-7-13(11-19)18(4)12-14(20)15-8-6-10-22-15/h6,8,10,13H,5,7,9,11-12H2,1-4H3/t13-/m1/s1. The maximum absolute atomic E-state index is 12.2. The number of likely N-dealkylation sites (tertiary alicyclic amines) is 1. The summed E-state index contributed by atoms with van der Waals surface area (Å²) in [5, 5.41) is 0. The molecule has 0 N–H and O–H groups in total. The number of amides is 1. The molecule has 6 heteroatoms. The highest BCUT2D eigenvalue weighted by atomic mass is 16.6. The van der Waals surface area contributed by atoms with E-state index in [1.165, 1.54) is 6.26 Å². The van der Waals surface area contributed by atoms with E-state index in [-0.39, 0.29) is 24.5 Å². The molecule has 1 amide bonds. The van der Waals surface area contributed by atoms with Gasteiger partial charge in [-0.25, -0.2) is 4.79 Å². The SMILES string of the molecule is CN(CC(=O)c1ccco1)[C@@H]1CCCN(C(=O)OC(C)(C)C)C1. The fourth-order valence-corrected chi connectivity index (χ4v) is 2.68. The van der Waals surface area contributed by atoms with Gasteiger partial charge in [-0.3, -0.25) is 9.69 Å². The van der Waals surface area contributed by atoms with Crippen molar-refractivity contribution in [1.82, 2.24) is 9.80 Å². The van der Waals surface area contributed by atoms with Crippen molar-refractivity contribution in [2.45, 2.75) is 45.3 Å². The summed E-state index contributed by atoms with van der Waals surface area (Å²) in [4.78, 5) is 28.0. The Kier molecular flexibility index (Phi) is 5.46. The predicted molar refractivity (Wildman–Crippen MR) is 86.5 cm³/mol. The Labute approximate surface area is 137 Å². The van der Waals surface area contributed by atoms with E-state index >= 15 is 0 Å². The molecule has 2 heterocycles. The van der Waals surface area contributed by atoms with Gasteiger partial charge in [-0.05, 0) is 52.8 Å². The number of carbonyl (C=O) groups is 2. The monoisotopic (exact) mass is 322 g/mol. The second-order valence-corrected chi connectivity index (χ2v) is 7.04. The molecule has 0 aliphatic carbocycles. The van der Waals surface area contributed by atoms with Crippen LogP contribution in [0.25, 0.3) is 0 Å². The maximum Gasteiger partial charge on any atom is 0.410 e. The van der Waals surface area contributed by atoms with Gasteiger partial charge in [-0.15, -0.1) is 0 Å². The zero-order valence-electron chi connectivity index (χ0n) is 14.4. The van der Waals surface area contributed by atoms with Crippen LogP contribution >= 0.6 is 0 Å². The molecule has 0 bridgehead atoms. The lowest BCUT2D eigenvalue weighted by atomic mass is 10.0. The average molecular weight is 322 g/mol. The molecular weight excluding hydrogens is 296 g/mol. The van der Waals surface area contributed by atoms with Crippen LogP contribution in [0.3, 0.4) is 0 Å². The smallest absolute Gasteiger partial charge is 0.410 e. The van der Waals surface area contributed by atoms with Gasteiger partial charge in [0.15, 0.2) is 5.76 Å². The lowest BCUT2D eigenvalue weighted by Crippen LogP contribution is -2.50. The van der Waals surface area contributed by atoms with Gasteiger partial charge in [0, 0.05) is 19.1 Å². The summed E-state index contributed by atoms with van der Waals surface area (Å²) in [5.74, 6) is 0.323. The minimum Gasteiger partial charge on any atom is -0.461 e. The van der Waals surface area contributed by atoms with Gasteiger partial charge < -0.3 is 14.1 Å². The van der Waals surface area contributed by atoms with Crippen LogP contribution in [0.2, 0.25) is 0 Å². The van der Waals surface area contributed by atoms with E-state index in [1.807, 2.05) is 32.7 Å². The van der Waals surface area contributed by atoms with Crippen molar-refractivity contribution in [1.29, 1.82) is 0 Å². The molecule has 1 aromatic rings. The number of furan rings is 1. The first-order valence-electron chi connectivity index (χ1n) is 8.01. The first kappa shape index (κ1) is 17.5. The van der Waals surface area contributed by atoms with Crippen LogP contribution in [-0.4, -0.2) is 60.0 Å². The number of rotatable bonds is 4. The van der Waals surface area contributed by atoms with E-state index < -0.39 is 5.60 Å². The Morgan fingerprint density at radius 2 is 2.17 bits per heavy atom. The van der Waals surface area contributed by atoms with Crippen molar-refractivity contribution < 1.29 is 18.7 Å². The van der Waals surface area contributed by atoms with E-state index in [1.54, 1.807) is 17.0 Å². The van der Waals surface area contributed by atoms with Gasteiger partial charge in [0.25, 0.3) is 0 Å². The van der Waals surface area contributed by atoms with Crippen LogP contribution in [0, 0.1) is 0 Å². The second-order valence-electron chi connectivity index (χ2n) is 7.04. The molecule has 0 unspecified atom stereocenters. The summed E-state index contributed by atoms with van der Waals surface area (Å²) >= 11 is 0. The molecule has 0 saturated carbocycles. The fourth-order valence-electron chi connectivity index (χ4n) is 2.68. The molecule has 128 valence electrons. The molecule has 0 radical (unpaired) electrons. The number of carbonyl (C=O) groups excluding carboxylic acids is 2.